The van der Waals surface area contributed by atoms with Crippen LogP contribution in [0.3, 0.4) is 0 Å². The minimum atomic E-state index is 0.117. The first-order valence-corrected chi connectivity index (χ1v) is 11.5. The number of fused-ring (bicyclic) bond motifs is 3. The van der Waals surface area contributed by atoms with Crippen molar-refractivity contribution in [3.63, 3.8) is 0 Å². The average molecular weight is 436 g/mol. The molecule has 3 aromatic heterocycles. The molecule has 0 saturated heterocycles. The summed E-state index contributed by atoms with van der Waals surface area (Å²) in [6.07, 6.45) is 5.67. The predicted octanol–water partition coefficient (Wildman–Crippen LogP) is 7.86. The van der Waals surface area contributed by atoms with E-state index in [0.717, 1.165) is 5.82 Å². The maximum absolute atomic E-state index is 4.75. The summed E-state index contributed by atoms with van der Waals surface area (Å²) in [6.45, 7) is 13.2. The SMILES string of the molecule is CC(C)(C)c1ccc(-n2c3ccccc3c3ccccc32)nc1.CC(C)(C)c1ccncc1. The van der Waals surface area contributed by atoms with E-state index in [1.54, 1.807) is 0 Å². The molecule has 3 heteroatoms. The van der Waals surface area contributed by atoms with E-state index in [1.165, 1.54) is 32.9 Å². The summed E-state index contributed by atoms with van der Waals surface area (Å²) >= 11 is 0. The molecule has 0 aliphatic heterocycles. The van der Waals surface area contributed by atoms with Crippen molar-refractivity contribution in [2.75, 3.05) is 0 Å². The second kappa shape index (κ2) is 8.82. The van der Waals surface area contributed by atoms with Crippen LogP contribution < -0.4 is 0 Å². The topological polar surface area (TPSA) is 30.7 Å². The van der Waals surface area contributed by atoms with Crippen molar-refractivity contribution in [3.05, 3.63) is 103 Å². The first kappa shape index (κ1) is 22.7. The Morgan fingerprint density at radius 2 is 1.09 bits per heavy atom. The standard InChI is InChI=1S/C21H20N2.C9H13N/c1-21(2,3)15-12-13-20(22-14-15)23-18-10-6-4-8-16(18)17-9-5-7-11-19(17)23;1-9(2,3)8-4-6-10-7-5-8/h4-14H,1-3H3;4-7H,1-3H3. The van der Waals surface area contributed by atoms with Gasteiger partial charge in [-0.3, -0.25) is 9.55 Å². The molecule has 0 aliphatic rings. The number of nitrogens with zero attached hydrogens (tertiary/aromatic N) is 3. The van der Waals surface area contributed by atoms with Crippen LogP contribution in [-0.2, 0) is 10.8 Å². The van der Waals surface area contributed by atoms with E-state index in [0.29, 0.717) is 0 Å². The van der Waals surface area contributed by atoms with Crippen molar-refractivity contribution in [2.24, 2.45) is 0 Å². The molecule has 168 valence electrons. The van der Waals surface area contributed by atoms with Crippen LogP contribution in [0.5, 0.6) is 0 Å². The van der Waals surface area contributed by atoms with Crippen LogP contribution in [0.15, 0.2) is 91.4 Å². The Labute approximate surface area is 197 Å². The average Bonchev–Trinajstić information content (AvgIpc) is 3.14. The summed E-state index contributed by atoms with van der Waals surface area (Å²) in [5, 5.41) is 2.54. The van der Waals surface area contributed by atoms with E-state index in [-0.39, 0.29) is 10.8 Å². The number of pyridine rings is 2. The molecular weight excluding hydrogens is 402 g/mol. The van der Waals surface area contributed by atoms with Gasteiger partial charge in [0.2, 0.25) is 0 Å². The normalized spacial score (nSPS) is 11.9. The third-order valence-electron chi connectivity index (χ3n) is 5.97. The Morgan fingerprint density at radius 3 is 1.52 bits per heavy atom. The van der Waals surface area contributed by atoms with Crippen LogP contribution in [0, 0.1) is 0 Å². The van der Waals surface area contributed by atoms with Crippen LogP contribution in [0.1, 0.15) is 52.7 Å². The smallest absolute Gasteiger partial charge is 0.137 e. The lowest BCUT2D eigenvalue weighted by molar-refractivity contribution is 0.587. The molecule has 0 bridgehead atoms. The minimum absolute atomic E-state index is 0.117. The predicted molar refractivity (Wildman–Crippen MR) is 140 cm³/mol. The van der Waals surface area contributed by atoms with E-state index >= 15 is 0 Å². The molecule has 33 heavy (non-hydrogen) atoms. The molecule has 0 unspecified atom stereocenters. The first-order chi connectivity index (χ1) is 15.7. The molecule has 0 spiro atoms. The van der Waals surface area contributed by atoms with Crippen molar-refractivity contribution in [2.45, 2.75) is 52.4 Å². The van der Waals surface area contributed by atoms with Gasteiger partial charge in [0.25, 0.3) is 0 Å². The van der Waals surface area contributed by atoms with Gasteiger partial charge >= 0.3 is 0 Å². The highest BCUT2D eigenvalue weighted by atomic mass is 15.1. The van der Waals surface area contributed by atoms with Gasteiger partial charge in [0.15, 0.2) is 0 Å². The van der Waals surface area contributed by atoms with Crippen molar-refractivity contribution in [1.29, 1.82) is 0 Å². The Bertz CT molecular complexity index is 1300. The van der Waals surface area contributed by atoms with Gasteiger partial charge in [-0.25, -0.2) is 4.98 Å². The Hall–Kier alpha value is -3.46. The molecule has 5 rings (SSSR count). The molecule has 5 aromatic rings. The largest absolute Gasteiger partial charge is 0.294 e. The first-order valence-electron chi connectivity index (χ1n) is 11.5. The number of aromatic nitrogens is 3. The fourth-order valence-electron chi connectivity index (χ4n) is 3.98. The Kier molecular flexibility index (Phi) is 6.07. The van der Waals surface area contributed by atoms with Gasteiger partial charge in [-0.15, -0.1) is 0 Å². The van der Waals surface area contributed by atoms with Crippen LogP contribution in [0.25, 0.3) is 27.6 Å². The zero-order valence-corrected chi connectivity index (χ0v) is 20.5. The molecule has 0 N–H and O–H groups in total. The molecule has 0 saturated carbocycles. The van der Waals surface area contributed by atoms with Crippen LogP contribution in [0.2, 0.25) is 0 Å². The lowest BCUT2D eigenvalue weighted by atomic mass is 9.88. The summed E-state index contributed by atoms with van der Waals surface area (Å²) in [7, 11) is 0. The lowest BCUT2D eigenvalue weighted by Crippen LogP contribution is -2.11. The van der Waals surface area contributed by atoms with Gasteiger partial charge in [0.05, 0.1) is 11.0 Å². The molecule has 2 aromatic carbocycles. The van der Waals surface area contributed by atoms with E-state index in [2.05, 4.69) is 124 Å². The van der Waals surface area contributed by atoms with Crippen molar-refractivity contribution in [3.8, 4) is 5.82 Å². The van der Waals surface area contributed by atoms with Crippen molar-refractivity contribution >= 4 is 21.8 Å². The molecule has 0 fully saturated rings. The highest BCUT2D eigenvalue weighted by molar-refractivity contribution is 6.09. The van der Waals surface area contributed by atoms with Gasteiger partial charge in [-0.2, -0.15) is 0 Å². The minimum Gasteiger partial charge on any atom is -0.294 e. The monoisotopic (exact) mass is 435 g/mol. The quantitative estimate of drug-likeness (QED) is 0.268. The van der Waals surface area contributed by atoms with Crippen molar-refractivity contribution < 1.29 is 0 Å². The van der Waals surface area contributed by atoms with Crippen LogP contribution >= 0.6 is 0 Å². The molecule has 3 heterocycles. The maximum atomic E-state index is 4.75. The number of rotatable bonds is 1. The summed E-state index contributed by atoms with van der Waals surface area (Å²) in [6, 6.07) is 25.5. The van der Waals surface area contributed by atoms with Crippen molar-refractivity contribution in [1.82, 2.24) is 14.5 Å². The highest BCUT2D eigenvalue weighted by Crippen LogP contribution is 2.31. The summed E-state index contributed by atoms with van der Waals surface area (Å²) in [5.74, 6) is 0.968. The van der Waals surface area contributed by atoms with E-state index < -0.39 is 0 Å². The number of para-hydroxylation sites is 2. The van der Waals surface area contributed by atoms with Gasteiger partial charge in [-0.05, 0) is 52.3 Å². The Morgan fingerprint density at radius 1 is 0.576 bits per heavy atom. The second-order valence-corrected chi connectivity index (χ2v) is 10.5. The zero-order valence-electron chi connectivity index (χ0n) is 20.5. The zero-order chi connectivity index (χ0) is 23.6. The fraction of sp³-hybridized carbons (Fsp3) is 0.267. The molecular formula is C30H33N3. The maximum Gasteiger partial charge on any atom is 0.137 e. The summed E-state index contributed by atoms with van der Waals surface area (Å²) in [5.41, 5.74) is 5.36. The van der Waals surface area contributed by atoms with Gasteiger partial charge in [0.1, 0.15) is 5.82 Å². The van der Waals surface area contributed by atoms with E-state index in [9.17, 15) is 0 Å². The van der Waals surface area contributed by atoms with Crippen LogP contribution in [0.4, 0.5) is 0 Å². The Balaban J connectivity index is 0.000000219. The molecule has 0 atom stereocenters. The molecule has 0 aliphatic carbocycles. The summed E-state index contributed by atoms with van der Waals surface area (Å²) < 4.78 is 2.25. The van der Waals surface area contributed by atoms with Gasteiger partial charge < -0.3 is 0 Å². The van der Waals surface area contributed by atoms with Gasteiger partial charge in [-0.1, -0.05) is 84.0 Å². The third-order valence-corrected chi connectivity index (χ3v) is 5.97. The fourth-order valence-corrected chi connectivity index (χ4v) is 3.98. The molecule has 3 nitrogen and oxygen atoms in total. The number of hydrogen-bond donors (Lipinski definition) is 0. The van der Waals surface area contributed by atoms with Gasteiger partial charge in [0, 0.05) is 29.4 Å². The number of benzene rings is 2. The highest BCUT2D eigenvalue weighted by Gasteiger charge is 2.16. The van der Waals surface area contributed by atoms with E-state index in [1.807, 2.05) is 18.6 Å². The molecule has 0 amide bonds. The van der Waals surface area contributed by atoms with Crippen LogP contribution in [-0.4, -0.2) is 14.5 Å². The second-order valence-electron chi connectivity index (χ2n) is 10.5. The molecule has 0 radical (unpaired) electrons. The number of hydrogen-bond acceptors (Lipinski definition) is 2. The third kappa shape index (κ3) is 4.83. The van der Waals surface area contributed by atoms with E-state index in [4.69, 9.17) is 4.98 Å². The lowest BCUT2D eigenvalue weighted by Gasteiger charge is -2.18. The summed E-state index contributed by atoms with van der Waals surface area (Å²) in [4.78, 5) is 8.71.